The van der Waals surface area contributed by atoms with E-state index in [0.717, 1.165) is 16.6 Å². The van der Waals surface area contributed by atoms with Gasteiger partial charge in [-0.1, -0.05) is 37.8 Å². The van der Waals surface area contributed by atoms with Crippen molar-refractivity contribution >= 4 is 51.6 Å². The Bertz CT molecular complexity index is 1900. The number of rotatable bonds is 13. The number of fused-ring (bicyclic) bond motifs is 1. The first-order valence-corrected chi connectivity index (χ1v) is 20.8. The Hall–Kier alpha value is -3.76. The minimum atomic E-state index is -3.72. The number of ether oxygens (including phenoxy) is 3. The fourth-order valence-electron chi connectivity index (χ4n) is 4.75. The smallest absolute Gasteiger partial charge is 0.354 e. The number of methoxy groups -OCH3 is 1. The number of pyridine rings is 1. The van der Waals surface area contributed by atoms with E-state index in [4.69, 9.17) is 14.2 Å². The first-order chi connectivity index (χ1) is 21.1. The van der Waals surface area contributed by atoms with Crippen LogP contribution >= 0.6 is 0 Å². The number of benzene rings is 2. The monoisotopic (exact) mass is 675 g/mol. The summed E-state index contributed by atoms with van der Waals surface area (Å²) in [4.78, 5) is 28.5. The van der Waals surface area contributed by atoms with Gasteiger partial charge in [0.05, 0.1) is 23.9 Å². The number of H-pyrrole nitrogens is 1. The van der Waals surface area contributed by atoms with Crippen molar-refractivity contribution in [3.8, 4) is 22.8 Å². The molecule has 0 aliphatic rings. The number of nitrogens with zero attached hydrogens (tertiary/aromatic N) is 2. The van der Waals surface area contributed by atoms with Crippen LogP contribution in [0, 0.1) is 6.92 Å². The van der Waals surface area contributed by atoms with E-state index in [1.807, 2.05) is 6.07 Å². The average molecular weight is 676 g/mol. The number of nitrogens with one attached hydrogen (secondary N) is 1. The SMILES string of the molecule is COC(=O)c1cc2c(-c3cc(N(CS(C)(=O)=O)S(=O)O)ccc3Oc3ccccc3)n(COCC[Si](C)(C)C)c(C)c2c(=O)[nH]1. The van der Waals surface area contributed by atoms with Crippen LogP contribution in [-0.4, -0.2) is 66.6 Å². The van der Waals surface area contributed by atoms with Crippen molar-refractivity contribution in [3.63, 3.8) is 0 Å². The molecular formula is C30H37N3O9S2Si. The number of aromatic amines is 1. The molecule has 0 fully saturated rings. The summed E-state index contributed by atoms with van der Waals surface area (Å²) in [7, 11) is -3.94. The van der Waals surface area contributed by atoms with Gasteiger partial charge in [-0.15, -0.1) is 0 Å². The number of carbonyl (C=O) groups excluding carboxylic acids is 1. The lowest BCUT2D eigenvalue weighted by Gasteiger charge is -2.22. The largest absolute Gasteiger partial charge is 0.464 e. The van der Waals surface area contributed by atoms with Gasteiger partial charge in [0.25, 0.3) is 16.8 Å². The molecule has 0 amide bonds. The van der Waals surface area contributed by atoms with Crippen LogP contribution < -0.4 is 14.6 Å². The van der Waals surface area contributed by atoms with Gasteiger partial charge >= 0.3 is 5.97 Å². The van der Waals surface area contributed by atoms with E-state index in [-0.39, 0.29) is 18.1 Å². The first kappa shape index (κ1) is 34.1. The molecule has 2 heterocycles. The highest BCUT2D eigenvalue weighted by atomic mass is 32.2. The van der Waals surface area contributed by atoms with Gasteiger partial charge in [-0.05, 0) is 49.4 Å². The Balaban J connectivity index is 2.04. The second kappa shape index (κ2) is 13.7. The quantitative estimate of drug-likeness (QED) is 0.0847. The van der Waals surface area contributed by atoms with Crippen LogP contribution in [0.1, 0.15) is 16.2 Å². The van der Waals surface area contributed by atoms with Crippen molar-refractivity contribution in [2.24, 2.45) is 0 Å². The molecule has 0 bridgehead atoms. The molecule has 2 aromatic carbocycles. The van der Waals surface area contributed by atoms with Gasteiger partial charge < -0.3 is 23.8 Å². The Morgan fingerprint density at radius 2 is 1.80 bits per heavy atom. The summed E-state index contributed by atoms with van der Waals surface area (Å²) >= 11 is -2.70. The van der Waals surface area contributed by atoms with E-state index in [0.29, 0.717) is 45.8 Å². The molecule has 242 valence electrons. The zero-order chi connectivity index (χ0) is 33.1. The maximum absolute atomic E-state index is 13.4. The molecule has 0 spiro atoms. The maximum atomic E-state index is 13.4. The minimum Gasteiger partial charge on any atom is -0.464 e. The fourth-order valence-corrected chi connectivity index (χ4v) is 7.31. The van der Waals surface area contributed by atoms with Gasteiger partial charge in [0.1, 0.15) is 29.8 Å². The number of aryl methyl sites for hydroxylation is 1. The third kappa shape index (κ3) is 8.29. The van der Waals surface area contributed by atoms with Gasteiger partial charge in [-0.25, -0.2) is 17.4 Å². The van der Waals surface area contributed by atoms with Gasteiger partial charge in [0.15, 0.2) is 9.84 Å². The molecule has 0 aliphatic carbocycles. The number of para-hydroxylation sites is 1. The van der Waals surface area contributed by atoms with E-state index in [1.165, 1.54) is 25.3 Å². The van der Waals surface area contributed by atoms with Crippen LogP contribution in [-0.2, 0) is 37.3 Å². The zero-order valence-corrected chi connectivity index (χ0v) is 28.6. The molecule has 4 aromatic rings. The number of aromatic nitrogens is 2. The number of esters is 1. The molecule has 0 saturated carbocycles. The van der Waals surface area contributed by atoms with E-state index < -0.39 is 46.6 Å². The van der Waals surface area contributed by atoms with Crippen molar-refractivity contribution < 1.29 is 36.2 Å². The third-order valence-electron chi connectivity index (χ3n) is 6.96. The molecule has 0 radical (unpaired) electrons. The van der Waals surface area contributed by atoms with Crippen LogP contribution in [0.2, 0.25) is 25.7 Å². The summed E-state index contributed by atoms with van der Waals surface area (Å²) in [5.41, 5.74) is 0.818. The first-order valence-electron chi connectivity index (χ1n) is 14.0. The zero-order valence-electron chi connectivity index (χ0n) is 25.9. The predicted molar refractivity (Wildman–Crippen MR) is 178 cm³/mol. The molecule has 12 nitrogen and oxygen atoms in total. The number of hydrogen-bond donors (Lipinski definition) is 2. The van der Waals surface area contributed by atoms with Crippen molar-refractivity contribution in [1.29, 1.82) is 0 Å². The molecular weight excluding hydrogens is 639 g/mol. The number of hydrogen-bond acceptors (Lipinski definition) is 8. The van der Waals surface area contributed by atoms with Crippen molar-refractivity contribution in [2.75, 3.05) is 30.2 Å². The van der Waals surface area contributed by atoms with Crippen molar-refractivity contribution in [1.82, 2.24) is 9.55 Å². The highest BCUT2D eigenvalue weighted by Gasteiger charge is 2.26. The Morgan fingerprint density at radius 3 is 2.40 bits per heavy atom. The number of sulfone groups is 1. The second-order valence-electron chi connectivity index (χ2n) is 11.8. The summed E-state index contributed by atoms with van der Waals surface area (Å²) in [6, 6.07) is 15.9. The van der Waals surface area contributed by atoms with Crippen LogP contribution in [0.5, 0.6) is 11.5 Å². The molecule has 1 atom stereocenters. The summed E-state index contributed by atoms with van der Waals surface area (Å²) in [6.07, 6.45) is 0.959. The van der Waals surface area contributed by atoms with Crippen molar-refractivity contribution in [2.45, 2.75) is 39.3 Å². The van der Waals surface area contributed by atoms with Crippen LogP contribution in [0.15, 0.2) is 59.4 Å². The van der Waals surface area contributed by atoms with Gasteiger partial charge in [0.2, 0.25) is 0 Å². The molecule has 0 aliphatic heterocycles. The molecule has 15 heteroatoms. The standard InChI is InChI=1S/C30H37N3O9S2Si/c1-20-27-24(17-25(30(35)40-2)31-29(27)34)28(32(20)18-41-14-15-45(4,5)6)23-16-21(33(43(36)37)19-44(3,38)39)12-13-26(23)42-22-10-8-7-9-11-22/h7-13,16-17H,14-15,18-19H2,1-6H3,(H,31,34)(H,36,37). The van der Waals surface area contributed by atoms with Crippen LogP contribution in [0.25, 0.3) is 22.0 Å². The topological polar surface area (TPSA) is 157 Å². The fraction of sp³-hybridized carbons (Fsp3) is 0.333. The highest BCUT2D eigenvalue weighted by Crippen LogP contribution is 2.42. The lowest BCUT2D eigenvalue weighted by molar-refractivity contribution is 0.0594. The van der Waals surface area contributed by atoms with E-state index in [9.17, 15) is 26.8 Å². The maximum Gasteiger partial charge on any atom is 0.354 e. The van der Waals surface area contributed by atoms with E-state index in [1.54, 1.807) is 41.8 Å². The molecule has 2 aromatic heterocycles. The second-order valence-corrected chi connectivity index (χ2v) is 20.4. The molecule has 4 rings (SSSR count). The Kier molecular flexibility index (Phi) is 10.4. The van der Waals surface area contributed by atoms with Gasteiger partial charge in [-0.3, -0.25) is 13.7 Å². The lowest BCUT2D eigenvalue weighted by atomic mass is 10.0. The molecule has 45 heavy (non-hydrogen) atoms. The molecule has 2 N–H and O–H groups in total. The summed E-state index contributed by atoms with van der Waals surface area (Å²) < 4.78 is 66.7. The van der Waals surface area contributed by atoms with E-state index >= 15 is 0 Å². The number of anilines is 1. The lowest BCUT2D eigenvalue weighted by Crippen LogP contribution is -2.30. The Labute approximate surface area is 265 Å². The van der Waals surface area contributed by atoms with Crippen LogP contribution in [0.4, 0.5) is 5.69 Å². The summed E-state index contributed by atoms with van der Waals surface area (Å²) in [5.74, 6) is -0.693. The summed E-state index contributed by atoms with van der Waals surface area (Å²) in [6.45, 7) is 8.97. The molecule has 1 unspecified atom stereocenters. The third-order valence-corrected chi connectivity index (χ3v) is 10.3. The van der Waals surface area contributed by atoms with Crippen molar-refractivity contribution in [3.05, 3.63) is 76.3 Å². The van der Waals surface area contributed by atoms with Gasteiger partial charge in [0, 0.05) is 37.6 Å². The Morgan fingerprint density at radius 1 is 1.11 bits per heavy atom. The predicted octanol–water partition coefficient (Wildman–Crippen LogP) is 5.14. The van der Waals surface area contributed by atoms with Gasteiger partial charge in [-0.2, -0.15) is 0 Å². The summed E-state index contributed by atoms with van der Waals surface area (Å²) in [5, 5.41) is 0.668. The van der Waals surface area contributed by atoms with Crippen LogP contribution in [0.3, 0.4) is 0 Å². The normalized spacial score (nSPS) is 12.7. The molecule has 0 saturated heterocycles. The number of carbonyl (C=O) groups is 1. The van der Waals surface area contributed by atoms with E-state index in [2.05, 4.69) is 24.6 Å². The highest BCUT2D eigenvalue weighted by molar-refractivity contribution is 7.92. The minimum absolute atomic E-state index is 0.0430. The average Bonchev–Trinajstić information content (AvgIpc) is 3.24.